The Morgan fingerprint density at radius 1 is 0.938 bits per heavy atom. The van der Waals surface area contributed by atoms with E-state index in [-0.39, 0.29) is 19.3 Å². The van der Waals surface area contributed by atoms with Gasteiger partial charge in [-0.2, -0.15) is 0 Å². The number of hydrogen-bond donors (Lipinski definition) is 2. The lowest BCUT2D eigenvalue weighted by atomic mass is 10.2. The van der Waals surface area contributed by atoms with Crippen molar-refractivity contribution in [1.29, 1.82) is 0 Å². The zero-order valence-corrected chi connectivity index (χ0v) is 10.2. The van der Waals surface area contributed by atoms with E-state index < -0.39 is 0 Å². The van der Waals surface area contributed by atoms with Crippen LogP contribution in [0.1, 0.15) is 13.8 Å². The first-order valence-corrected chi connectivity index (χ1v) is 5.69. The van der Waals surface area contributed by atoms with Gasteiger partial charge in [-0.3, -0.25) is 0 Å². The summed E-state index contributed by atoms with van der Waals surface area (Å²) in [6.45, 7) is 6.30. The number of aliphatic hydroxyl groups excluding tert-OH is 2. The lowest BCUT2D eigenvalue weighted by Crippen LogP contribution is -2.26. The van der Waals surface area contributed by atoms with Gasteiger partial charge in [0.15, 0.2) is 0 Å². The molecule has 0 saturated carbocycles. The molecule has 0 aromatic carbocycles. The molecule has 0 saturated heterocycles. The molecule has 98 valence electrons. The number of aliphatic hydroxyl groups is 2. The predicted molar refractivity (Wildman–Crippen MR) is 60.4 cm³/mol. The fraction of sp³-hybridized carbons (Fsp3) is 1.00. The van der Waals surface area contributed by atoms with Crippen molar-refractivity contribution in [1.82, 2.24) is 0 Å². The van der Waals surface area contributed by atoms with Crippen molar-refractivity contribution in [3.8, 4) is 0 Å². The standard InChI is InChI=1S/C11H24O5/c1-10(2)8-16-11(7-13)9-15-6-5-14-4-3-12/h10-13H,3-9H2,1-2H3. The average molecular weight is 236 g/mol. The van der Waals surface area contributed by atoms with Crippen LogP contribution in [0.2, 0.25) is 0 Å². The second-order valence-electron chi connectivity index (χ2n) is 3.94. The molecule has 0 aliphatic rings. The van der Waals surface area contributed by atoms with Gasteiger partial charge in [-0.05, 0) is 5.92 Å². The highest BCUT2D eigenvalue weighted by Crippen LogP contribution is 1.98. The van der Waals surface area contributed by atoms with Crippen LogP contribution in [-0.4, -0.2) is 62.6 Å². The fourth-order valence-electron chi connectivity index (χ4n) is 0.981. The van der Waals surface area contributed by atoms with Crippen molar-refractivity contribution in [3.63, 3.8) is 0 Å². The van der Waals surface area contributed by atoms with Crippen LogP contribution < -0.4 is 0 Å². The van der Waals surface area contributed by atoms with Gasteiger partial charge in [0.2, 0.25) is 0 Å². The summed E-state index contributed by atoms with van der Waals surface area (Å²) in [7, 11) is 0. The topological polar surface area (TPSA) is 68.2 Å². The molecule has 0 aliphatic carbocycles. The van der Waals surface area contributed by atoms with E-state index >= 15 is 0 Å². The van der Waals surface area contributed by atoms with Crippen LogP contribution in [0.4, 0.5) is 0 Å². The van der Waals surface area contributed by atoms with Crippen LogP contribution in [0, 0.1) is 5.92 Å². The maximum atomic E-state index is 9.01. The van der Waals surface area contributed by atoms with Crippen molar-refractivity contribution in [2.45, 2.75) is 20.0 Å². The van der Waals surface area contributed by atoms with E-state index in [2.05, 4.69) is 13.8 Å². The highest BCUT2D eigenvalue weighted by atomic mass is 16.6. The molecule has 0 fully saturated rings. The molecule has 1 atom stereocenters. The second kappa shape index (κ2) is 11.3. The second-order valence-corrected chi connectivity index (χ2v) is 3.94. The largest absolute Gasteiger partial charge is 0.394 e. The average Bonchev–Trinajstić information content (AvgIpc) is 2.27. The summed E-state index contributed by atoms with van der Waals surface area (Å²) >= 11 is 0. The Hall–Kier alpha value is -0.200. The van der Waals surface area contributed by atoms with Crippen LogP contribution in [0.3, 0.4) is 0 Å². The zero-order chi connectivity index (χ0) is 12.2. The van der Waals surface area contributed by atoms with Gasteiger partial charge in [-0.25, -0.2) is 0 Å². The summed E-state index contributed by atoms with van der Waals surface area (Å²) in [6.07, 6.45) is -0.264. The molecule has 0 spiro atoms. The molecule has 0 bridgehead atoms. The third-order valence-corrected chi connectivity index (χ3v) is 1.78. The van der Waals surface area contributed by atoms with Crippen LogP contribution >= 0.6 is 0 Å². The van der Waals surface area contributed by atoms with Gasteiger partial charge in [-0.1, -0.05) is 13.8 Å². The van der Waals surface area contributed by atoms with Gasteiger partial charge in [0.1, 0.15) is 6.10 Å². The molecule has 0 aliphatic heterocycles. The molecule has 0 aromatic heterocycles. The molecular formula is C11H24O5. The van der Waals surface area contributed by atoms with Crippen LogP contribution in [0.15, 0.2) is 0 Å². The van der Waals surface area contributed by atoms with Crippen LogP contribution in [-0.2, 0) is 14.2 Å². The predicted octanol–water partition coefficient (Wildman–Crippen LogP) is 0.0454. The minimum Gasteiger partial charge on any atom is -0.394 e. The first kappa shape index (κ1) is 15.8. The Balaban J connectivity index is 3.33. The maximum absolute atomic E-state index is 9.01. The van der Waals surface area contributed by atoms with Gasteiger partial charge in [0, 0.05) is 6.61 Å². The molecule has 1 unspecified atom stereocenters. The van der Waals surface area contributed by atoms with Gasteiger partial charge < -0.3 is 24.4 Å². The Bertz CT molecular complexity index is 140. The molecule has 5 heteroatoms. The van der Waals surface area contributed by atoms with E-state index in [4.69, 9.17) is 24.4 Å². The summed E-state index contributed by atoms with van der Waals surface area (Å²) in [6, 6.07) is 0. The third kappa shape index (κ3) is 10.3. The first-order chi connectivity index (χ1) is 7.70. The van der Waals surface area contributed by atoms with Crippen LogP contribution in [0.25, 0.3) is 0 Å². The molecule has 0 radical (unpaired) electrons. The van der Waals surface area contributed by atoms with E-state index in [0.29, 0.717) is 39.0 Å². The van der Waals surface area contributed by atoms with Crippen molar-refractivity contribution < 1.29 is 24.4 Å². The van der Waals surface area contributed by atoms with Gasteiger partial charge in [0.25, 0.3) is 0 Å². The normalized spacial score (nSPS) is 13.3. The summed E-state index contributed by atoms with van der Waals surface area (Å²) in [4.78, 5) is 0. The van der Waals surface area contributed by atoms with Gasteiger partial charge in [0.05, 0.1) is 39.6 Å². The lowest BCUT2D eigenvalue weighted by molar-refractivity contribution is -0.0596. The molecule has 0 heterocycles. The number of hydrogen-bond acceptors (Lipinski definition) is 5. The summed E-state index contributed by atoms with van der Waals surface area (Å²) in [5.41, 5.74) is 0. The maximum Gasteiger partial charge on any atom is 0.104 e. The van der Waals surface area contributed by atoms with Crippen molar-refractivity contribution >= 4 is 0 Å². The molecule has 0 amide bonds. The quantitative estimate of drug-likeness (QED) is 0.496. The Morgan fingerprint density at radius 3 is 2.19 bits per heavy atom. The van der Waals surface area contributed by atoms with Crippen molar-refractivity contribution in [2.24, 2.45) is 5.92 Å². The van der Waals surface area contributed by atoms with Gasteiger partial charge >= 0.3 is 0 Å². The highest BCUT2D eigenvalue weighted by Gasteiger charge is 2.08. The van der Waals surface area contributed by atoms with E-state index in [0.717, 1.165) is 0 Å². The Labute approximate surface area is 97.3 Å². The zero-order valence-electron chi connectivity index (χ0n) is 10.2. The third-order valence-electron chi connectivity index (χ3n) is 1.78. The Kier molecular flexibility index (Phi) is 11.1. The smallest absolute Gasteiger partial charge is 0.104 e. The summed E-state index contributed by atoms with van der Waals surface area (Å²) in [5, 5.41) is 17.5. The summed E-state index contributed by atoms with van der Waals surface area (Å²) in [5.74, 6) is 0.446. The molecule has 0 aromatic rings. The van der Waals surface area contributed by atoms with E-state index in [1.807, 2.05) is 0 Å². The van der Waals surface area contributed by atoms with E-state index in [9.17, 15) is 0 Å². The minimum absolute atomic E-state index is 0.0246. The van der Waals surface area contributed by atoms with Crippen molar-refractivity contribution in [3.05, 3.63) is 0 Å². The Morgan fingerprint density at radius 2 is 1.62 bits per heavy atom. The first-order valence-electron chi connectivity index (χ1n) is 5.69. The highest BCUT2D eigenvalue weighted by molar-refractivity contribution is 4.55. The van der Waals surface area contributed by atoms with Crippen LogP contribution in [0.5, 0.6) is 0 Å². The monoisotopic (exact) mass is 236 g/mol. The molecule has 2 N–H and O–H groups in total. The lowest BCUT2D eigenvalue weighted by Gasteiger charge is -2.17. The molecule has 5 nitrogen and oxygen atoms in total. The van der Waals surface area contributed by atoms with Gasteiger partial charge in [-0.15, -0.1) is 0 Å². The van der Waals surface area contributed by atoms with E-state index in [1.54, 1.807) is 0 Å². The fourth-order valence-corrected chi connectivity index (χ4v) is 0.981. The molecule has 16 heavy (non-hydrogen) atoms. The molecule has 0 rings (SSSR count). The van der Waals surface area contributed by atoms with Crippen molar-refractivity contribution in [2.75, 3.05) is 46.2 Å². The molecular weight excluding hydrogens is 212 g/mol. The minimum atomic E-state index is -0.264. The number of ether oxygens (including phenoxy) is 3. The summed E-state index contributed by atoms with van der Waals surface area (Å²) < 4.78 is 15.7. The number of rotatable bonds is 11. The SMILES string of the molecule is CC(C)COC(CO)COCCOCCO. The van der Waals surface area contributed by atoms with E-state index in [1.165, 1.54) is 0 Å².